The molecule has 21 heavy (non-hydrogen) atoms. The maximum absolute atomic E-state index is 11.9. The van der Waals surface area contributed by atoms with E-state index in [9.17, 15) is 9.59 Å². The van der Waals surface area contributed by atoms with Crippen LogP contribution in [0.2, 0.25) is 0 Å². The topological polar surface area (TPSA) is 80.6 Å². The van der Waals surface area contributed by atoms with Crippen molar-refractivity contribution in [3.63, 3.8) is 0 Å². The highest BCUT2D eigenvalue weighted by atomic mass is 16.5. The Bertz CT molecular complexity index is 635. The lowest BCUT2D eigenvalue weighted by molar-refractivity contribution is 0.0996. The van der Waals surface area contributed by atoms with E-state index in [1.54, 1.807) is 37.3 Å². The first-order valence-electron chi connectivity index (χ1n) is 6.49. The molecule has 110 valence electrons. The van der Waals surface area contributed by atoms with E-state index >= 15 is 0 Å². The Hall–Kier alpha value is -2.76. The van der Waals surface area contributed by atoms with Crippen molar-refractivity contribution in [3.8, 4) is 0 Å². The van der Waals surface area contributed by atoms with Crippen molar-refractivity contribution in [2.45, 2.75) is 13.8 Å². The van der Waals surface area contributed by atoms with Crippen LogP contribution in [0.5, 0.6) is 0 Å². The van der Waals surface area contributed by atoms with Gasteiger partial charge in [-0.1, -0.05) is 6.07 Å². The zero-order valence-electron chi connectivity index (χ0n) is 11.8. The van der Waals surface area contributed by atoms with Crippen LogP contribution < -0.4 is 10.6 Å². The summed E-state index contributed by atoms with van der Waals surface area (Å²) in [6.07, 6.45) is 0.894. The molecule has 2 amide bonds. The predicted molar refractivity (Wildman–Crippen MR) is 78.5 cm³/mol. The minimum absolute atomic E-state index is 0.221. The van der Waals surface area contributed by atoms with Crippen LogP contribution in [0.25, 0.3) is 0 Å². The number of carbonyl (C=O) groups excluding carboxylic acids is 2. The molecule has 0 fully saturated rings. The zero-order chi connectivity index (χ0) is 15.2. The lowest BCUT2D eigenvalue weighted by atomic mass is 10.1. The molecule has 2 rings (SSSR count). The molecule has 0 bridgehead atoms. The van der Waals surface area contributed by atoms with Crippen LogP contribution in [-0.2, 0) is 4.74 Å². The molecular weight excluding hydrogens is 272 g/mol. The van der Waals surface area contributed by atoms with Gasteiger partial charge in [-0.15, -0.1) is 0 Å². The predicted octanol–water partition coefficient (Wildman–Crippen LogP) is 3.41. The first-order chi connectivity index (χ1) is 10.1. The van der Waals surface area contributed by atoms with Gasteiger partial charge in [0.1, 0.15) is 0 Å². The fraction of sp³-hybridized carbons (Fsp3) is 0.200. The summed E-state index contributed by atoms with van der Waals surface area (Å²) in [6.45, 7) is 3.87. The van der Waals surface area contributed by atoms with Gasteiger partial charge in [-0.25, -0.2) is 4.79 Å². The Labute approximate surface area is 122 Å². The molecule has 6 nitrogen and oxygen atoms in total. The summed E-state index contributed by atoms with van der Waals surface area (Å²) in [7, 11) is 0. The third kappa shape index (κ3) is 3.85. The van der Waals surface area contributed by atoms with Gasteiger partial charge in [0.15, 0.2) is 5.76 Å². The molecule has 1 aromatic heterocycles. The molecule has 0 saturated heterocycles. The van der Waals surface area contributed by atoms with E-state index in [4.69, 9.17) is 9.15 Å². The van der Waals surface area contributed by atoms with Crippen LogP contribution in [0.15, 0.2) is 41.0 Å². The molecular formula is C15H16N2O4. The van der Waals surface area contributed by atoms with Gasteiger partial charge in [0.2, 0.25) is 0 Å². The summed E-state index contributed by atoms with van der Waals surface area (Å²) in [5.74, 6) is -0.130. The number of carbonyl (C=O) groups is 2. The third-order valence-electron chi connectivity index (χ3n) is 2.75. The van der Waals surface area contributed by atoms with Crippen molar-refractivity contribution in [1.82, 2.24) is 0 Å². The molecule has 1 aromatic carbocycles. The first kappa shape index (κ1) is 14.6. The number of hydrogen-bond acceptors (Lipinski definition) is 4. The quantitative estimate of drug-likeness (QED) is 0.903. The van der Waals surface area contributed by atoms with Gasteiger partial charge >= 0.3 is 6.09 Å². The molecule has 6 heteroatoms. The Kier molecular flexibility index (Phi) is 4.61. The minimum atomic E-state index is -0.537. The molecule has 1 heterocycles. The summed E-state index contributed by atoms with van der Waals surface area (Å²) in [5.41, 5.74) is 1.99. The monoisotopic (exact) mass is 288 g/mol. The van der Waals surface area contributed by atoms with Crippen LogP contribution >= 0.6 is 0 Å². The standard InChI is InChI=1S/C15H16N2O4/c1-3-20-15(19)16-11-7-6-10(2)12(9-11)17-14(18)13-5-4-8-21-13/h4-9H,3H2,1-2H3,(H,16,19)(H,17,18). The highest BCUT2D eigenvalue weighted by molar-refractivity contribution is 6.03. The van der Waals surface area contributed by atoms with E-state index in [1.807, 2.05) is 6.92 Å². The summed E-state index contributed by atoms with van der Waals surface area (Å²) in [5, 5.41) is 5.32. The second-order valence-corrected chi connectivity index (χ2v) is 4.31. The third-order valence-corrected chi connectivity index (χ3v) is 2.75. The van der Waals surface area contributed by atoms with E-state index in [0.717, 1.165) is 5.56 Å². The van der Waals surface area contributed by atoms with Gasteiger partial charge in [0.25, 0.3) is 5.91 Å². The number of nitrogens with one attached hydrogen (secondary N) is 2. The van der Waals surface area contributed by atoms with Crippen molar-refractivity contribution in [1.29, 1.82) is 0 Å². The average molecular weight is 288 g/mol. The Morgan fingerprint density at radius 2 is 2.05 bits per heavy atom. The van der Waals surface area contributed by atoms with Gasteiger partial charge in [0.05, 0.1) is 12.9 Å². The molecule has 2 N–H and O–H groups in total. The van der Waals surface area contributed by atoms with Crippen LogP contribution in [0.4, 0.5) is 16.2 Å². The van der Waals surface area contributed by atoms with Crippen LogP contribution in [0, 0.1) is 6.92 Å². The van der Waals surface area contributed by atoms with Crippen LogP contribution in [0.3, 0.4) is 0 Å². The number of hydrogen-bond donors (Lipinski definition) is 2. The summed E-state index contributed by atoms with van der Waals surface area (Å²) in [4.78, 5) is 23.3. The molecule has 0 aliphatic heterocycles. The van der Waals surface area contributed by atoms with E-state index < -0.39 is 6.09 Å². The lowest BCUT2D eigenvalue weighted by Crippen LogP contribution is -2.15. The number of anilines is 2. The molecule has 2 aromatic rings. The maximum Gasteiger partial charge on any atom is 0.411 e. The van der Waals surface area contributed by atoms with Crippen molar-refractivity contribution in [2.75, 3.05) is 17.2 Å². The highest BCUT2D eigenvalue weighted by Crippen LogP contribution is 2.21. The number of rotatable bonds is 4. The van der Waals surface area contributed by atoms with Crippen molar-refractivity contribution < 1.29 is 18.7 Å². The van der Waals surface area contributed by atoms with Gasteiger partial charge in [-0.3, -0.25) is 10.1 Å². The lowest BCUT2D eigenvalue weighted by Gasteiger charge is -2.10. The highest BCUT2D eigenvalue weighted by Gasteiger charge is 2.11. The Morgan fingerprint density at radius 1 is 1.24 bits per heavy atom. The van der Waals surface area contributed by atoms with E-state index in [0.29, 0.717) is 18.0 Å². The van der Waals surface area contributed by atoms with Gasteiger partial charge in [0, 0.05) is 11.4 Å². The maximum atomic E-state index is 11.9. The van der Waals surface area contributed by atoms with Gasteiger partial charge in [-0.2, -0.15) is 0 Å². The summed E-state index contributed by atoms with van der Waals surface area (Å²) >= 11 is 0. The first-order valence-corrected chi connectivity index (χ1v) is 6.49. The SMILES string of the molecule is CCOC(=O)Nc1ccc(C)c(NC(=O)c2ccco2)c1. The van der Waals surface area contributed by atoms with E-state index in [-0.39, 0.29) is 11.7 Å². The number of ether oxygens (including phenoxy) is 1. The number of furan rings is 1. The van der Waals surface area contributed by atoms with Crippen LogP contribution in [-0.4, -0.2) is 18.6 Å². The molecule has 0 unspecified atom stereocenters. The smallest absolute Gasteiger partial charge is 0.411 e. The number of benzene rings is 1. The fourth-order valence-electron chi connectivity index (χ4n) is 1.71. The van der Waals surface area contributed by atoms with Crippen molar-refractivity contribution in [3.05, 3.63) is 47.9 Å². The molecule has 0 aliphatic rings. The fourth-order valence-corrected chi connectivity index (χ4v) is 1.71. The second-order valence-electron chi connectivity index (χ2n) is 4.31. The molecule has 0 atom stereocenters. The number of aryl methyl sites for hydroxylation is 1. The Balaban J connectivity index is 2.12. The van der Waals surface area contributed by atoms with Gasteiger partial charge < -0.3 is 14.5 Å². The second kappa shape index (κ2) is 6.60. The van der Waals surface area contributed by atoms with Crippen LogP contribution in [0.1, 0.15) is 23.0 Å². The summed E-state index contributed by atoms with van der Waals surface area (Å²) in [6, 6.07) is 8.40. The van der Waals surface area contributed by atoms with E-state index in [2.05, 4.69) is 10.6 Å². The van der Waals surface area contributed by atoms with Gasteiger partial charge in [-0.05, 0) is 43.7 Å². The number of amides is 2. The molecule has 0 radical (unpaired) electrons. The molecule has 0 saturated carbocycles. The van der Waals surface area contributed by atoms with Crippen molar-refractivity contribution >= 4 is 23.4 Å². The zero-order valence-corrected chi connectivity index (χ0v) is 11.8. The summed E-state index contributed by atoms with van der Waals surface area (Å²) < 4.78 is 9.84. The average Bonchev–Trinajstić information content (AvgIpc) is 2.97. The minimum Gasteiger partial charge on any atom is -0.459 e. The van der Waals surface area contributed by atoms with E-state index in [1.165, 1.54) is 6.26 Å². The molecule has 0 aliphatic carbocycles. The largest absolute Gasteiger partial charge is 0.459 e. The normalized spacial score (nSPS) is 10.0. The Morgan fingerprint density at radius 3 is 2.71 bits per heavy atom. The van der Waals surface area contributed by atoms with Crippen molar-refractivity contribution in [2.24, 2.45) is 0 Å². The molecule has 0 spiro atoms.